The molecule has 33 heavy (non-hydrogen) atoms. The molecule has 1 aliphatic rings. The zero-order valence-electron chi connectivity index (χ0n) is 18.9. The number of carbonyl (C=O) groups excluding carboxylic acids is 1. The molecule has 0 spiro atoms. The van der Waals surface area contributed by atoms with Gasteiger partial charge in [0.25, 0.3) is 0 Å². The standard InChI is InChI=1S/C23H28N6O3S/c1-14-10-20(33-29-14)28-23(30)27-19-8-9-24-13-18(19)21(15-4-6-16(31-2)7-5-15)22-25-11-17(32-3)12-26-22/h4-7,10-12,18-19,21,24H,8-9,13H2,1-3H3,(H2,27,28,30). The Bertz CT molecular complexity index is 1010. The van der Waals surface area contributed by atoms with E-state index in [1.807, 2.05) is 37.3 Å². The van der Waals surface area contributed by atoms with Crippen LogP contribution in [0.25, 0.3) is 0 Å². The number of benzene rings is 1. The predicted octanol–water partition coefficient (Wildman–Crippen LogP) is 3.19. The number of hydrogen-bond acceptors (Lipinski definition) is 8. The summed E-state index contributed by atoms with van der Waals surface area (Å²) in [4.78, 5) is 22.0. The summed E-state index contributed by atoms with van der Waals surface area (Å²) in [5.41, 5.74) is 1.94. The molecule has 4 rings (SSSR count). The molecule has 3 unspecified atom stereocenters. The molecule has 3 aromatic rings. The number of urea groups is 1. The number of aryl methyl sites for hydroxylation is 1. The van der Waals surface area contributed by atoms with E-state index in [2.05, 4.69) is 30.3 Å². The van der Waals surface area contributed by atoms with Crippen LogP contribution in [0.4, 0.5) is 9.80 Å². The number of hydrogen-bond donors (Lipinski definition) is 3. The largest absolute Gasteiger partial charge is 0.497 e. The number of nitrogens with one attached hydrogen (secondary N) is 3. The molecule has 3 atom stereocenters. The molecule has 0 aliphatic carbocycles. The minimum atomic E-state index is -0.236. The summed E-state index contributed by atoms with van der Waals surface area (Å²) in [6, 6.07) is 9.48. The first-order valence-corrected chi connectivity index (χ1v) is 11.6. The maximum absolute atomic E-state index is 12.8. The molecule has 1 aromatic carbocycles. The lowest BCUT2D eigenvalue weighted by atomic mass is 9.77. The van der Waals surface area contributed by atoms with Crippen molar-refractivity contribution in [2.75, 3.05) is 32.6 Å². The molecule has 2 aromatic heterocycles. The molecular weight excluding hydrogens is 440 g/mol. The molecule has 0 saturated carbocycles. The van der Waals surface area contributed by atoms with E-state index in [4.69, 9.17) is 9.47 Å². The Morgan fingerprint density at radius 1 is 1.15 bits per heavy atom. The zero-order chi connectivity index (χ0) is 23.2. The van der Waals surface area contributed by atoms with Crippen LogP contribution in [0.3, 0.4) is 0 Å². The molecular formula is C23H28N6O3S. The van der Waals surface area contributed by atoms with Crippen LogP contribution in [0.1, 0.15) is 29.4 Å². The highest BCUT2D eigenvalue weighted by Crippen LogP contribution is 2.35. The number of rotatable bonds is 7. The molecule has 9 nitrogen and oxygen atoms in total. The van der Waals surface area contributed by atoms with Crippen LogP contribution in [-0.2, 0) is 0 Å². The van der Waals surface area contributed by atoms with Gasteiger partial charge in [-0.1, -0.05) is 12.1 Å². The van der Waals surface area contributed by atoms with E-state index in [0.717, 1.165) is 41.5 Å². The number of carbonyl (C=O) groups is 1. The minimum absolute atomic E-state index is 0.0366. The number of amides is 2. The fourth-order valence-electron chi connectivity index (χ4n) is 4.14. The molecule has 1 aliphatic heterocycles. The Hall–Kier alpha value is -3.24. The van der Waals surface area contributed by atoms with Crippen LogP contribution < -0.4 is 25.4 Å². The Labute approximate surface area is 197 Å². The summed E-state index contributed by atoms with van der Waals surface area (Å²) in [6.07, 6.45) is 4.15. The van der Waals surface area contributed by atoms with Gasteiger partial charge in [-0.3, -0.25) is 5.32 Å². The first-order chi connectivity index (χ1) is 16.1. The lowest BCUT2D eigenvalue weighted by Crippen LogP contribution is -2.52. The van der Waals surface area contributed by atoms with Crippen molar-refractivity contribution in [3.63, 3.8) is 0 Å². The molecule has 0 radical (unpaired) electrons. The van der Waals surface area contributed by atoms with Gasteiger partial charge in [0.15, 0.2) is 5.75 Å². The van der Waals surface area contributed by atoms with Crippen molar-refractivity contribution in [1.29, 1.82) is 0 Å². The summed E-state index contributed by atoms with van der Waals surface area (Å²) >= 11 is 1.27. The second-order valence-electron chi connectivity index (χ2n) is 7.93. The van der Waals surface area contributed by atoms with Crippen molar-refractivity contribution < 1.29 is 14.3 Å². The van der Waals surface area contributed by atoms with E-state index in [1.165, 1.54) is 11.5 Å². The summed E-state index contributed by atoms with van der Waals surface area (Å²) in [6.45, 7) is 3.44. The van der Waals surface area contributed by atoms with Gasteiger partial charge in [-0.2, -0.15) is 4.37 Å². The maximum atomic E-state index is 12.8. The van der Waals surface area contributed by atoms with E-state index in [-0.39, 0.29) is 23.9 Å². The molecule has 2 amide bonds. The summed E-state index contributed by atoms with van der Waals surface area (Å²) in [5.74, 6) is 1.96. The summed E-state index contributed by atoms with van der Waals surface area (Å²) in [7, 11) is 3.24. The van der Waals surface area contributed by atoms with Gasteiger partial charge in [-0.15, -0.1) is 0 Å². The molecule has 1 fully saturated rings. The first kappa shape index (κ1) is 22.9. The van der Waals surface area contributed by atoms with Gasteiger partial charge in [-0.25, -0.2) is 14.8 Å². The third kappa shape index (κ3) is 5.58. The Kier molecular flexibility index (Phi) is 7.36. The van der Waals surface area contributed by atoms with Crippen molar-refractivity contribution in [3.8, 4) is 11.5 Å². The van der Waals surface area contributed by atoms with E-state index >= 15 is 0 Å². The Morgan fingerprint density at radius 2 is 1.88 bits per heavy atom. The lowest BCUT2D eigenvalue weighted by Gasteiger charge is -2.37. The van der Waals surface area contributed by atoms with Gasteiger partial charge in [-0.05, 0) is 55.2 Å². The number of nitrogens with zero attached hydrogens (tertiary/aromatic N) is 3. The highest BCUT2D eigenvalue weighted by atomic mass is 32.1. The monoisotopic (exact) mass is 468 g/mol. The number of anilines is 1. The van der Waals surface area contributed by atoms with Crippen LogP contribution in [0.2, 0.25) is 0 Å². The SMILES string of the molecule is COc1ccc(C(c2ncc(OC)cn2)C2CNCCC2NC(=O)Nc2cc(C)ns2)cc1. The fraction of sp³-hybridized carbons (Fsp3) is 0.391. The van der Waals surface area contributed by atoms with Crippen molar-refractivity contribution in [1.82, 2.24) is 25.0 Å². The number of piperidine rings is 1. The predicted molar refractivity (Wildman–Crippen MR) is 127 cm³/mol. The minimum Gasteiger partial charge on any atom is -0.497 e. The quantitative estimate of drug-likeness (QED) is 0.488. The number of aromatic nitrogens is 3. The van der Waals surface area contributed by atoms with E-state index in [0.29, 0.717) is 11.6 Å². The van der Waals surface area contributed by atoms with E-state index in [9.17, 15) is 4.79 Å². The molecule has 1 saturated heterocycles. The average Bonchev–Trinajstić information content (AvgIpc) is 3.25. The highest BCUT2D eigenvalue weighted by Gasteiger charge is 2.36. The zero-order valence-corrected chi connectivity index (χ0v) is 19.7. The van der Waals surface area contributed by atoms with Gasteiger partial charge in [0.1, 0.15) is 16.6 Å². The Balaban J connectivity index is 1.61. The highest BCUT2D eigenvalue weighted by molar-refractivity contribution is 7.10. The van der Waals surface area contributed by atoms with E-state index in [1.54, 1.807) is 26.6 Å². The smallest absolute Gasteiger partial charge is 0.320 e. The number of ether oxygens (including phenoxy) is 2. The van der Waals surface area contributed by atoms with Crippen molar-refractivity contribution in [3.05, 3.63) is 59.8 Å². The van der Waals surface area contributed by atoms with Gasteiger partial charge in [0.2, 0.25) is 0 Å². The molecule has 0 bridgehead atoms. The average molecular weight is 469 g/mol. The second-order valence-corrected chi connectivity index (χ2v) is 8.73. The van der Waals surface area contributed by atoms with Crippen LogP contribution in [0.15, 0.2) is 42.7 Å². The maximum Gasteiger partial charge on any atom is 0.320 e. The molecule has 3 N–H and O–H groups in total. The number of methoxy groups -OCH3 is 2. The molecule has 10 heteroatoms. The fourth-order valence-corrected chi connectivity index (χ4v) is 4.80. The van der Waals surface area contributed by atoms with Crippen molar-refractivity contribution >= 4 is 22.6 Å². The third-order valence-corrected chi connectivity index (χ3v) is 6.57. The third-order valence-electron chi connectivity index (χ3n) is 5.78. The Morgan fingerprint density at radius 3 is 2.52 bits per heavy atom. The molecule has 174 valence electrons. The first-order valence-electron chi connectivity index (χ1n) is 10.8. The molecule has 3 heterocycles. The van der Waals surface area contributed by atoms with E-state index < -0.39 is 0 Å². The second kappa shape index (κ2) is 10.6. The van der Waals surface area contributed by atoms with Gasteiger partial charge in [0, 0.05) is 24.4 Å². The lowest BCUT2D eigenvalue weighted by molar-refractivity contribution is 0.225. The summed E-state index contributed by atoms with van der Waals surface area (Å²) in [5, 5.41) is 10.3. The summed E-state index contributed by atoms with van der Waals surface area (Å²) < 4.78 is 14.8. The van der Waals surface area contributed by atoms with Gasteiger partial charge in [0.05, 0.1) is 32.3 Å². The van der Waals surface area contributed by atoms with Crippen LogP contribution in [0.5, 0.6) is 11.5 Å². The topological polar surface area (TPSA) is 110 Å². The normalized spacial score (nSPS) is 18.9. The van der Waals surface area contributed by atoms with Crippen molar-refractivity contribution in [2.45, 2.75) is 25.3 Å². The van der Waals surface area contributed by atoms with Gasteiger partial charge < -0.3 is 20.1 Å². The van der Waals surface area contributed by atoms with Crippen LogP contribution >= 0.6 is 11.5 Å². The van der Waals surface area contributed by atoms with Crippen LogP contribution in [0, 0.1) is 12.8 Å². The van der Waals surface area contributed by atoms with Gasteiger partial charge >= 0.3 is 6.03 Å². The van der Waals surface area contributed by atoms with Crippen molar-refractivity contribution in [2.24, 2.45) is 5.92 Å². The van der Waals surface area contributed by atoms with Crippen LogP contribution in [-0.4, -0.2) is 53.7 Å².